The van der Waals surface area contributed by atoms with Crippen LogP contribution in [0.2, 0.25) is 0 Å². The van der Waals surface area contributed by atoms with Crippen molar-refractivity contribution in [2.45, 2.75) is 33.1 Å². The maximum Gasteiger partial charge on any atom is 0.340 e. The van der Waals surface area contributed by atoms with Gasteiger partial charge in [-0.25, -0.2) is 9.78 Å². The second-order valence-corrected chi connectivity index (χ2v) is 4.50. The lowest BCUT2D eigenvalue weighted by Gasteiger charge is -2.05. The first-order chi connectivity index (χ1) is 8.19. The normalized spacial score (nSPS) is 11.5. The van der Waals surface area contributed by atoms with Gasteiger partial charge in [-0.2, -0.15) is 0 Å². The third kappa shape index (κ3) is 4.19. The van der Waals surface area contributed by atoms with Gasteiger partial charge in [0.25, 0.3) is 0 Å². The van der Waals surface area contributed by atoms with Crippen molar-refractivity contribution in [2.24, 2.45) is 0 Å². The number of hydrogen-bond donors (Lipinski definition) is 1. The zero-order valence-corrected chi connectivity index (χ0v) is 11.0. The van der Waals surface area contributed by atoms with Crippen molar-refractivity contribution in [3.05, 3.63) is 17.2 Å². The van der Waals surface area contributed by atoms with Gasteiger partial charge in [-0.05, 0) is 12.8 Å². The average Bonchev–Trinajstić information content (AvgIpc) is 2.73. The molecule has 0 amide bonds. The summed E-state index contributed by atoms with van der Waals surface area (Å²) in [5.41, 5.74) is 6.71. The van der Waals surface area contributed by atoms with E-state index >= 15 is 0 Å². The molecule has 1 heterocycles. The summed E-state index contributed by atoms with van der Waals surface area (Å²) in [6.45, 7) is 4.45. The standard InChI is InChI=1S/C12H18N2O2S/c1-3-5-6-9(11(15)16-7-4-2)10-8-17-12(13)14-10/h6,8H,3-5,7H2,1-2H3,(H2,13,14). The van der Waals surface area contributed by atoms with Crippen molar-refractivity contribution in [1.29, 1.82) is 0 Å². The number of nitrogens with zero attached hydrogens (tertiary/aromatic N) is 1. The Morgan fingerprint density at radius 3 is 2.82 bits per heavy atom. The highest BCUT2D eigenvalue weighted by Gasteiger charge is 2.15. The van der Waals surface area contributed by atoms with E-state index in [1.165, 1.54) is 11.3 Å². The van der Waals surface area contributed by atoms with Crippen molar-refractivity contribution < 1.29 is 9.53 Å². The molecule has 0 radical (unpaired) electrons. The number of ether oxygens (including phenoxy) is 1. The van der Waals surface area contributed by atoms with Crippen LogP contribution in [-0.2, 0) is 9.53 Å². The summed E-state index contributed by atoms with van der Waals surface area (Å²) in [6.07, 6.45) is 4.48. The van der Waals surface area contributed by atoms with E-state index in [1.807, 2.05) is 13.0 Å². The Bertz CT molecular complexity index is 399. The van der Waals surface area contributed by atoms with Crippen LogP contribution in [0.15, 0.2) is 11.5 Å². The van der Waals surface area contributed by atoms with Crippen LogP contribution in [-0.4, -0.2) is 17.6 Å². The lowest BCUT2D eigenvalue weighted by atomic mass is 10.1. The molecule has 1 rings (SSSR count). The Labute approximate surface area is 106 Å². The third-order valence-electron chi connectivity index (χ3n) is 2.09. The Kier molecular flexibility index (Phi) is 5.69. The van der Waals surface area contributed by atoms with E-state index in [2.05, 4.69) is 11.9 Å². The van der Waals surface area contributed by atoms with Crippen LogP contribution in [0.3, 0.4) is 0 Å². The van der Waals surface area contributed by atoms with E-state index in [1.54, 1.807) is 5.38 Å². The minimum atomic E-state index is -0.314. The van der Waals surface area contributed by atoms with Gasteiger partial charge in [-0.15, -0.1) is 11.3 Å². The molecule has 0 spiro atoms. The first-order valence-electron chi connectivity index (χ1n) is 5.77. The molecule has 5 heteroatoms. The Morgan fingerprint density at radius 2 is 2.29 bits per heavy atom. The quantitative estimate of drug-likeness (QED) is 0.626. The number of carbonyl (C=O) groups excluding carboxylic acids is 1. The van der Waals surface area contributed by atoms with Crippen molar-refractivity contribution in [3.63, 3.8) is 0 Å². The topological polar surface area (TPSA) is 65.2 Å². The molecule has 17 heavy (non-hydrogen) atoms. The summed E-state index contributed by atoms with van der Waals surface area (Å²) < 4.78 is 5.13. The first-order valence-corrected chi connectivity index (χ1v) is 6.65. The van der Waals surface area contributed by atoms with Crippen molar-refractivity contribution >= 4 is 28.0 Å². The molecule has 4 nitrogen and oxygen atoms in total. The molecular weight excluding hydrogens is 236 g/mol. The van der Waals surface area contributed by atoms with Gasteiger partial charge in [0.2, 0.25) is 0 Å². The Balaban J connectivity index is 2.84. The highest BCUT2D eigenvalue weighted by Crippen LogP contribution is 2.21. The predicted molar refractivity (Wildman–Crippen MR) is 70.7 cm³/mol. The number of rotatable bonds is 6. The van der Waals surface area contributed by atoms with Crippen LogP contribution in [0.4, 0.5) is 5.13 Å². The van der Waals surface area contributed by atoms with E-state index in [9.17, 15) is 4.79 Å². The predicted octanol–water partition coefficient (Wildman–Crippen LogP) is 2.86. The Hall–Kier alpha value is -1.36. The molecule has 0 aliphatic rings. The van der Waals surface area contributed by atoms with Gasteiger partial charge in [0.1, 0.15) is 0 Å². The van der Waals surface area contributed by atoms with Gasteiger partial charge < -0.3 is 10.5 Å². The summed E-state index contributed by atoms with van der Waals surface area (Å²) in [7, 11) is 0. The number of unbranched alkanes of at least 4 members (excludes halogenated alkanes) is 1. The number of aromatic nitrogens is 1. The fourth-order valence-corrected chi connectivity index (χ4v) is 1.83. The second-order valence-electron chi connectivity index (χ2n) is 3.61. The molecule has 94 valence electrons. The minimum absolute atomic E-state index is 0.314. The average molecular weight is 254 g/mol. The Morgan fingerprint density at radius 1 is 1.53 bits per heavy atom. The number of carbonyl (C=O) groups is 1. The zero-order chi connectivity index (χ0) is 12.7. The van der Waals surface area contributed by atoms with Crippen LogP contribution < -0.4 is 5.73 Å². The summed E-state index contributed by atoms with van der Waals surface area (Å²) in [6, 6.07) is 0. The van der Waals surface area contributed by atoms with Gasteiger partial charge in [-0.1, -0.05) is 26.3 Å². The van der Waals surface area contributed by atoms with Crippen LogP contribution in [0, 0.1) is 0 Å². The molecule has 2 N–H and O–H groups in total. The molecule has 0 bridgehead atoms. The van der Waals surface area contributed by atoms with E-state index in [0.717, 1.165) is 19.3 Å². The fraction of sp³-hybridized carbons (Fsp3) is 0.500. The number of nitrogen functional groups attached to an aromatic ring is 1. The fourth-order valence-electron chi connectivity index (χ4n) is 1.26. The molecule has 0 aromatic carbocycles. The number of allylic oxidation sites excluding steroid dienone is 1. The van der Waals surface area contributed by atoms with Gasteiger partial charge in [-0.3, -0.25) is 0 Å². The maximum absolute atomic E-state index is 11.9. The molecule has 0 saturated carbocycles. The highest BCUT2D eigenvalue weighted by atomic mass is 32.1. The van der Waals surface area contributed by atoms with Crippen molar-refractivity contribution in [2.75, 3.05) is 12.3 Å². The second kappa shape index (κ2) is 7.06. The van der Waals surface area contributed by atoms with Gasteiger partial charge in [0.05, 0.1) is 17.9 Å². The molecular formula is C12H18N2O2S. The summed E-state index contributed by atoms with van der Waals surface area (Å²) in [5.74, 6) is -0.314. The molecule has 1 aromatic rings. The van der Waals surface area contributed by atoms with E-state index in [4.69, 9.17) is 10.5 Å². The minimum Gasteiger partial charge on any atom is -0.462 e. The maximum atomic E-state index is 11.9. The van der Waals surface area contributed by atoms with Gasteiger partial charge >= 0.3 is 5.97 Å². The first kappa shape index (κ1) is 13.7. The number of hydrogen-bond acceptors (Lipinski definition) is 5. The molecule has 0 aliphatic heterocycles. The number of anilines is 1. The lowest BCUT2D eigenvalue weighted by molar-refractivity contribution is -0.136. The summed E-state index contributed by atoms with van der Waals surface area (Å²) in [4.78, 5) is 16.0. The third-order valence-corrected chi connectivity index (χ3v) is 2.77. The summed E-state index contributed by atoms with van der Waals surface area (Å²) in [5, 5.41) is 2.25. The molecule has 0 aliphatic carbocycles. The van der Waals surface area contributed by atoms with Crippen molar-refractivity contribution in [1.82, 2.24) is 4.98 Å². The molecule has 0 saturated heterocycles. The lowest BCUT2D eigenvalue weighted by Crippen LogP contribution is -2.08. The molecule has 0 atom stereocenters. The smallest absolute Gasteiger partial charge is 0.340 e. The van der Waals surface area contributed by atoms with Gasteiger partial charge in [0, 0.05) is 5.38 Å². The van der Waals surface area contributed by atoms with Crippen LogP contribution in [0.5, 0.6) is 0 Å². The number of esters is 1. The van der Waals surface area contributed by atoms with Gasteiger partial charge in [0.15, 0.2) is 5.13 Å². The summed E-state index contributed by atoms with van der Waals surface area (Å²) >= 11 is 1.33. The molecule has 0 fully saturated rings. The van der Waals surface area contributed by atoms with Crippen molar-refractivity contribution in [3.8, 4) is 0 Å². The number of thiazole rings is 1. The molecule has 1 aromatic heterocycles. The van der Waals surface area contributed by atoms with E-state index < -0.39 is 0 Å². The number of nitrogens with two attached hydrogens (primary N) is 1. The monoisotopic (exact) mass is 254 g/mol. The van der Waals surface area contributed by atoms with E-state index in [-0.39, 0.29) is 5.97 Å². The van der Waals surface area contributed by atoms with Crippen LogP contribution in [0.25, 0.3) is 5.57 Å². The van der Waals surface area contributed by atoms with Crippen LogP contribution >= 0.6 is 11.3 Å². The zero-order valence-electron chi connectivity index (χ0n) is 10.2. The SMILES string of the molecule is CCCC=C(C(=O)OCCC)c1csc(N)n1. The molecule has 0 unspecified atom stereocenters. The largest absolute Gasteiger partial charge is 0.462 e. The van der Waals surface area contributed by atoms with Crippen LogP contribution in [0.1, 0.15) is 38.8 Å². The highest BCUT2D eigenvalue weighted by molar-refractivity contribution is 7.13. The van der Waals surface area contributed by atoms with E-state index in [0.29, 0.717) is 23.0 Å².